The molecule has 1 atom stereocenters. The molecule has 1 aromatic carbocycles. The normalized spacial score (nSPS) is 24.3. The smallest absolute Gasteiger partial charge is 0.410 e. The molecular weight excluding hydrogens is 400 g/mol. The zero-order valence-corrected chi connectivity index (χ0v) is 18.9. The van der Waals surface area contributed by atoms with Gasteiger partial charge in [-0.3, -0.25) is 4.90 Å². The van der Waals surface area contributed by atoms with Gasteiger partial charge in [0.2, 0.25) is 0 Å². The standard InChI is InChI=1S/C24H35ClN2O3/c1-2-29-21-8-9-23(25)19(15-21)14-18-10-12-26(13-11-18)16-22-17-27(24(28)30-22)20-6-4-3-5-7-20/h8-9,15,18,20,22H,2-7,10-14,16-17H2,1H3. The fraction of sp³-hybridized carbons (Fsp3) is 0.708. The highest BCUT2D eigenvalue weighted by atomic mass is 35.5. The number of rotatable bonds is 7. The van der Waals surface area contributed by atoms with Crippen LogP contribution in [-0.4, -0.2) is 60.8 Å². The summed E-state index contributed by atoms with van der Waals surface area (Å²) in [6, 6.07) is 6.39. The summed E-state index contributed by atoms with van der Waals surface area (Å²) in [6.07, 6.45) is 9.30. The van der Waals surface area contributed by atoms with Crippen molar-refractivity contribution in [3.05, 3.63) is 28.8 Å². The zero-order valence-electron chi connectivity index (χ0n) is 18.2. The summed E-state index contributed by atoms with van der Waals surface area (Å²) in [6.45, 7) is 6.42. The van der Waals surface area contributed by atoms with E-state index in [-0.39, 0.29) is 12.2 Å². The fourth-order valence-electron chi connectivity index (χ4n) is 5.26. The maximum absolute atomic E-state index is 12.3. The first-order valence-corrected chi connectivity index (χ1v) is 12.1. The molecule has 0 aromatic heterocycles. The van der Waals surface area contributed by atoms with E-state index in [0.717, 1.165) is 69.1 Å². The Hall–Kier alpha value is -1.46. The molecule has 0 bridgehead atoms. The van der Waals surface area contributed by atoms with Crippen LogP contribution >= 0.6 is 11.6 Å². The first kappa shape index (κ1) is 21.8. The molecule has 1 saturated carbocycles. The second-order valence-corrected chi connectivity index (χ2v) is 9.49. The van der Waals surface area contributed by atoms with Crippen LogP contribution in [0.1, 0.15) is 57.4 Å². The minimum absolute atomic E-state index is 0.0216. The quantitative estimate of drug-likeness (QED) is 0.595. The number of carbonyl (C=O) groups is 1. The van der Waals surface area contributed by atoms with Crippen LogP contribution in [0.3, 0.4) is 0 Å². The number of halogens is 1. The molecule has 1 amide bonds. The number of hydrogen-bond acceptors (Lipinski definition) is 4. The molecule has 166 valence electrons. The van der Waals surface area contributed by atoms with E-state index in [0.29, 0.717) is 18.6 Å². The topological polar surface area (TPSA) is 42.0 Å². The van der Waals surface area contributed by atoms with Crippen LogP contribution in [0.25, 0.3) is 0 Å². The summed E-state index contributed by atoms with van der Waals surface area (Å²) in [5.74, 6) is 1.54. The second kappa shape index (κ2) is 10.2. The third-order valence-electron chi connectivity index (χ3n) is 6.92. The Labute approximate surface area is 185 Å². The molecule has 3 aliphatic rings. The highest BCUT2D eigenvalue weighted by Crippen LogP contribution is 2.30. The van der Waals surface area contributed by atoms with E-state index in [1.165, 1.54) is 24.8 Å². The van der Waals surface area contributed by atoms with Crippen molar-refractivity contribution in [3.63, 3.8) is 0 Å². The van der Waals surface area contributed by atoms with Gasteiger partial charge in [-0.2, -0.15) is 0 Å². The SMILES string of the molecule is CCOc1ccc(Cl)c(CC2CCN(CC3CN(C4CCCCC4)C(=O)O3)CC2)c1. The third-order valence-corrected chi connectivity index (χ3v) is 7.29. The molecular formula is C24H35ClN2O3. The van der Waals surface area contributed by atoms with Gasteiger partial charge in [-0.15, -0.1) is 0 Å². The molecule has 0 spiro atoms. The summed E-state index contributed by atoms with van der Waals surface area (Å²) in [5.41, 5.74) is 1.19. The second-order valence-electron chi connectivity index (χ2n) is 9.08. The van der Waals surface area contributed by atoms with Crippen molar-refractivity contribution in [3.8, 4) is 5.75 Å². The number of cyclic esters (lactones) is 1. The maximum Gasteiger partial charge on any atom is 0.410 e. The van der Waals surface area contributed by atoms with Gasteiger partial charge in [0.1, 0.15) is 11.9 Å². The number of benzene rings is 1. The monoisotopic (exact) mass is 434 g/mol. The molecule has 0 radical (unpaired) electrons. The van der Waals surface area contributed by atoms with Crippen LogP contribution < -0.4 is 4.74 Å². The van der Waals surface area contributed by atoms with Crippen LogP contribution in [-0.2, 0) is 11.2 Å². The van der Waals surface area contributed by atoms with Crippen LogP contribution in [0.15, 0.2) is 18.2 Å². The highest BCUT2D eigenvalue weighted by Gasteiger charge is 2.37. The predicted octanol–water partition coefficient (Wildman–Crippen LogP) is 5.15. The van der Waals surface area contributed by atoms with E-state index in [2.05, 4.69) is 11.0 Å². The lowest BCUT2D eigenvalue weighted by Crippen LogP contribution is -2.42. The first-order valence-electron chi connectivity index (χ1n) is 11.7. The van der Waals surface area contributed by atoms with Gasteiger partial charge < -0.3 is 14.4 Å². The Bertz CT molecular complexity index is 714. The van der Waals surface area contributed by atoms with E-state index in [1.54, 1.807) is 0 Å². The Morgan fingerprint density at radius 2 is 1.90 bits per heavy atom. The molecule has 4 rings (SSSR count). The van der Waals surface area contributed by atoms with Gasteiger partial charge in [0.15, 0.2) is 0 Å². The third kappa shape index (κ3) is 5.42. The summed E-state index contributed by atoms with van der Waals surface area (Å²) < 4.78 is 11.3. The number of hydrogen-bond donors (Lipinski definition) is 0. The van der Waals surface area contributed by atoms with Crippen molar-refractivity contribution in [1.29, 1.82) is 0 Å². The van der Waals surface area contributed by atoms with Gasteiger partial charge in [0.05, 0.1) is 13.2 Å². The van der Waals surface area contributed by atoms with E-state index in [4.69, 9.17) is 21.1 Å². The number of nitrogens with zero attached hydrogens (tertiary/aromatic N) is 2. The largest absolute Gasteiger partial charge is 0.494 e. The van der Waals surface area contributed by atoms with Crippen molar-refractivity contribution >= 4 is 17.7 Å². The van der Waals surface area contributed by atoms with Gasteiger partial charge in [-0.25, -0.2) is 4.79 Å². The molecule has 1 unspecified atom stereocenters. The summed E-state index contributed by atoms with van der Waals surface area (Å²) >= 11 is 6.43. The molecule has 2 aliphatic heterocycles. The number of likely N-dealkylation sites (tertiary alicyclic amines) is 1. The predicted molar refractivity (Wildman–Crippen MR) is 119 cm³/mol. The van der Waals surface area contributed by atoms with E-state index < -0.39 is 0 Å². The lowest BCUT2D eigenvalue weighted by atomic mass is 9.90. The lowest BCUT2D eigenvalue weighted by Gasteiger charge is -2.33. The number of ether oxygens (including phenoxy) is 2. The lowest BCUT2D eigenvalue weighted by molar-refractivity contribution is 0.0896. The van der Waals surface area contributed by atoms with Gasteiger partial charge in [0, 0.05) is 17.6 Å². The minimum Gasteiger partial charge on any atom is -0.494 e. The van der Waals surface area contributed by atoms with Crippen LogP contribution in [0.2, 0.25) is 5.02 Å². The Morgan fingerprint density at radius 1 is 1.13 bits per heavy atom. The first-order chi connectivity index (χ1) is 14.6. The van der Waals surface area contributed by atoms with Gasteiger partial charge in [0.25, 0.3) is 0 Å². The highest BCUT2D eigenvalue weighted by molar-refractivity contribution is 6.31. The Morgan fingerprint density at radius 3 is 2.63 bits per heavy atom. The fourth-order valence-corrected chi connectivity index (χ4v) is 5.46. The van der Waals surface area contributed by atoms with Crippen LogP contribution in [0, 0.1) is 5.92 Å². The molecule has 2 saturated heterocycles. The summed E-state index contributed by atoms with van der Waals surface area (Å²) in [5, 5.41) is 0.835. The van der Waals surface area contributed by atoms with Crippen molar-refractivity contribution in [2.75, 3.05) is 32.8 Å². The van der Waals surface area contributed by atoms with Crippen molar-refractivity contribution in [1.82, 2.24) is 9.80 Å². The molecule has 1 aliphatic carbocycles. The summed E-state index contributed by atoms with van der Waals surface area (Å²) in [7, 11) is 0. The van der Waals surface area contributed by atoms with Crippen LogP contribution in [0.5, 0.6) is 5.75 Å². The van der Waals surface area contributed by atoms with Gasteiger partial charge in [-0.05, 0) is 81.8 Å². The summed E-state index contributed by atoms with van der Waals surface area (Å²) in [4.78, 5) is 16.8. The van der Waals surface area contributed by atoms with E-state index in [9.17, 15) is 4.79 Å². The average molecular weight is 435 g/mol. The molecule has 30 heavy (non-hydrogen) atoms. The molecule has 6 heteroatoms. The average Bonchev–Trinajstić information content (AvgIpc) is 3.13. The molecule has 5 nitrogen and oxygen atoms in total. The maximum atomic E-state index is 12.3. The van der Waals surface area contributed by atoms with Gasteiger partial charge in [-0.1, -0.05) is 30.9 Å². The molecule has 0 N–H and O–H groups in total. The van der Waals surface area contributed by atoms with Crippen molar-refractivity contribution in [2.45, 2.75) is 70.4 Å². The number of amides is 1. The Kier molecular flexibility index (Phi) is 7.42. The zero-order chi connectivity index (χ0) is 20.9. The minimum atomic E-state index is -0.0920. The van der Waals surface area contributed by atoms with Crippen LogP contribution in [0.4, 0.5) is 4.79 Å². The van der Waals surface area contributed by atoms with E-state index in [1.807, 2.05) is 24.0 Å². The van der Waals surface area contributed by atoms with Crippen molar-refractivity contribution < 1.29 is 14.3 Å². The molecule has 3 fully saturated rings. The van der Waals surface area contributed by atoms with Crippen molar-refractivity contribution in [2.24, 2.45) is 5.92 Å². The number of carbonyl (C=O) groups excluding carboxylic acids is 1. The van der Waals surface area contributed by atoms with E-state index >= 15 is 0 Å². The number of piperidine rings is 1. The Balaban J connectivity index is 1.23. The molecule has 2 heterocycles. The van der Waals surface area contributed by atoms with Gasteiger partial charge >= 0.3 is 6.09 Å². The molecule has 1 aromatic rings.